The van der Waals surface area contributed by atoms with Crippen molar-refractivity contribution in [2.24, 2.45) is 0 Å². The molecule has 2 rings (SSSR count). The highest BCUT2D eigenvalue weighted by atomic mass is 16.5. The van der Waals surface area contributed by atoms with Gasteiger partial charge in [-0.1, -0.05) is 0 Å². The third kappa shape index (κ3) is 2.18. The van der Waals surface area contributed by atoms with E-state index in [2.05, 4.69) is 0 Å². The van der Waals surface area contributed by atoms with Crippen LogP contribution in [0.25, 0.3) is 10.9 Å². The summed E-state index contributed by atoms with van der Waals surface area (Å²) in [6.07, 6.45) is 2.13. The van der Waals surface area contributed by atoms with Crippen LogP contribution in [0.1, 0.15) is 17.5 Å². The van der Waals surface area contributed by atoms with Crippen molar-refractivity contribution in [1.29, 1.82) is 0 Å². The minimum atomic E-state index is -0.777. The Balaban J connectivity index is 2.52. The number of carbonyl (C=O) groups is 1. The number of fused-ring (bicyclic) bond motifs is 1. The van der Waals surface area contributed by atoms with Gasteiger partial charge in [0.15, 0.2) is 0 Å². The maximum atomic E-state index is 10.7. The first kappa shape index (κ1) is 12.5. The van der Waals surface area contributed by atoms with Crippen molar-refractivity contribution in [2.75, 3.05) is 7.11 Å². The zero-order chi connectivity index (χ0) is 13.3. The molecule has 1 heterocycles. The van der Waals surface area contributed by atoms with Gasteiger partial charge in [-0.2, -0.15) is 0 Å². The van der Waals surface area contributed by atoms with E-state index < -0.39 is 5.97 Å². The fourth-order valence-corrected chi connectivity index (χ4v) is 2.31. The molecule has 0 bridgehead atoms. The van der Waals surface area contributed by atoms with Crippen LogP contribution in [0, 0.1) is 13.8 Å². The molecule has 0 spiro atoms. The molecule has 0 atom stereocenters. The van der Waals surface area contributed by atoms with Gasteiger partial charge in [0.05, 0.1) is 19.0 Å². The molecule has 96 valence electrons. The van der Waals surface area contributed by atoms with Crippen LogP contribution in [-0.4, -0.2) is 22.8 Å². The van der Waals surface area contributed by atoms with Crippen LogP contribution in [0.15, 0.2) is 18.3 Å². The molecule has 0 saturated heterocycles. The van der Waals surface area contributed by atoms with E-state index in [1.807, 2.05) is 36.7 Å². The lowest BCUT2D eigenvalue weighted by atomic mass is 10.1. The zero-order valence-electron chi connectivity index (χ0n) is 10.9. The van der Waals surface area contributed by atoms with Gasteiger partial charge in [0.25, 0.3) is 0 Å². The van der Waals surface area contributed by atoms with E-state index in [0.29, 0.717) is 6.54 Å². The topological polar surface area (TPSA) is 51.5 Å². The number of rotatable bonds is 4. The highest BCUT2D eigenvalue weighted by Crippen LogP contribution is 2.29. The van der Waals surface area contributed by atoms with Crippen molar-refractivity contribution in [3.8, 4) is 5.75 Å². The molecule has 1 aromatic heterocycles. The molecule has 0 aliphatic heterocycles. The number of carboxylic acids is 1. The van der Waals surface area contributed by atoms with Crippen LogP contribution in [-0.2, 0) is 11.3 Å². The summed E-state index contributed by atoms with van der Waals surface area (Å²) in [5.74, 6) is 0.0553. The normalized spacial score (nSPS) is 10.8. The van der Waals surface area contributed by atoms with Gasteiger partial charge < -0.3 is 14.4 Å². The van der Waals surface area contributed by atoms with E-state index >= 15 is 0 Å². The van der Waals surface area contributed by atoms with E-state index in [1.165, 1.54) is 0 Å². The van der Waals surface area contributed by atoms with Crippen LogP contribution in [0.5, 0.6) is 5.75 Å². The average molecular weight is 247 g/mol. The van der Waals surface area contributed by atoms with Gasteiger partial charge in [-0.05, 0) is 37.1 Å². The number of ether oxygens (including phenoxy) is 1. The summed E-state index contributed by atoms with van der Waals surface area (Å²) < 4.78 is 7.27. The van der Waals surface area contributed by atoms with E-state index in [0.717, 1.165) is 27.8 Å². The molecule has 0 aliphatic carbocycles. The summed E-state index contributed by atoms with van der Waals surface area (Å²) in [4.78, 5) is 10.7. The molecule has 1 N–H and O–H groups in total. The second-order valence-corrected chi connectivity index (χ2v) is 4.49. The Morgan fingerprint density at radius 1 is 1.33 bits per heavy atom. The first-order valence-corrected chi connectivity index (χ1v) is 5.89. The summed E-state index contributed by atoms with van der Waals surface area (Å²) in [6, 6.07) is 3.97. The molecule has 0 aliphatic rings. The van der Waals surface area contributed by atoms with Crippen LogP contribution in [0.2, 0.25) is 0 Å². The molecule has 0 unspecified atom stereocenters. The monoisotopic (exact) mass is 247 g/mol. The zero-order valence-corrected chi connectivity index (χ0v) is 10.9. The summed E-state index contributed by atoms with van der Waals surface area (Å²) in [6.45, 7) is 4.53. The fraction of sp³-hybridized carbons (Fsp3) is 0.357. The molecule has 0 saturated carbocycles. The number of methoxy groups -OCH3 is 1. The Morgan fingerprint density at radius 3 is 2.67 bits per heavy atom. The van der Waals surface area contributed by atoms with Gasteiger partial charge in [0, 0.05) is 18.1 Å². The Bertz CT molecular complexity index is 599. The molecule has 18 heavy (non-hydrogen) atoms. The largest absolute Gasteiger partial charge is 0.497 e. The lowest BCUT2D eigenvalue weighted by molar-refractivity contribution is -0.137. The number of carboxylic acid groups (broad SMARTS) is 1. The molecule has 2 aromatic rings. The molecular formula is C14H17NO3. The first-order valence-electron chi connectivity index (χ1n) is 5.89. The van der Waals surface area contributed by atoms with E-state index in [1.54, 1.807) is 7.11 Å². The van der Waals surface area contributed by atoms with E-state index in [-0.39, 0.29) is 6.42 Å². The minimum Gasteiger partial charge on any atom is -0.497 e. The number of aromatic nitrogens is 1. The summed E-state index contributed by atoms with van der Waals surface area (Å²) in [5, 5.41) is 9.89. The summed E-state index contributed by atoms with van der Waals surface area (Å²) in [5.41, 5.74) is 3.33. The Labute approximate surface area is 106 Å². The second kappa shape index (κ2) is 4.72. The standard InChI is InChI=1S/C14H17NO3/c1-9-6-11(18-3)7-12-10(2)8-15(14(9)12)5-4-13(16)17/h6-8H,4-5H2,1-3H3,(H,16,17). The van der Waals surface area contributed by atoms with Gasteiger partial charge in [0.1, 0.15) is 5.75 Å². The average Bonchev–Trinajstić information content (AvgIpc) is 2.64. The lowest BCUT2D eigenvalue weighted by Crippen LogP contribution is -2.04. The number of aryl methyl sites for hydroxylation is 3. The predicted molar refractivity (Wildman–Crippen MR) is 70.2 cm³/mol. The van der Waals surface area contributed by atoms with Crippen molar-refractivity contribution in [2.45, 2.75) is 26.8 Å². The van der Waals surface area contributed by atoms with Gasteiger partial charge in [-0.15, -0.1) is 0 Å². The third-order valence-electron chi connectivity index (χ3n) is 3.14. The van der Waals surface area contributed by atoms with Crippen molar-refractivity contribution >= 4 is 16.9 Å². The van der Waals surface area contributed by atoms with Gasteiger partial charge >= 0.3 is 5.97 Å². The van der Waals surface area contributed by atoms with Crippen molar-refractivity contribution in [1.82, 2.24) is 4.57 Å². The Kier molecular flexibility index (Phi) is 3.28. The molecule has 0 fully saturated rings. The molecule has 0 radical (unpaired) electrons. The number of aliphatic carboxylic acids is 1. The maximum absolute atomic E-state index is 10.7. The van der Waals surface area contributed by atoms with Crippen molar-refractivity contribution in [3.05, 3.63) is 29.5 Å². The van der Waals surface area contributed by atoms with Crippen LogP contribution in [0.4, 0.5) is 0 Å². The first-order chi connectivity index (χ1) is 8.52. The lowest BCUT2D eigenvalue weighted by Gasteiger charge is -2.08. The van der Waals surface area contributed by atoms with Gasteiger partial charge in [-0.25, -0.2) is 0 Å². The minimum absolute atomic E-state index is 0.134. The highest BCUT2D eigenvalue weighted by Gasteiger charge is 2.10. The van der Waals surface area contributed by atoms with Gasteiger partial charge in [-0.3, -0.25) is 4.79 Å². The van der Waals surface area contributed by atoms with E-state index in [9.17, 15) is 4.79 Å². The molecular weight excluding hydrogens is 230 g/mol. The van der Waals surface area contributed by atoms with E-state index in [4.69, 9.17) is 9.84 Å². The molecule has 1 aromatic carbocycles. The van der Waals surface area contributed by atoms with Crippen molar-refractivity contribution < 1.29 is 14.6 Å². The van der Waals surface area contributed by atoms with Crippen LogP contribution in [0.3, 0.4) is 0 Å². The number of nitrogens with zero attached hydrogens (tertiary/aromatic N) is 1. The van der Waals surface area contributed by atoms with Crippen LogP contribution < -0.4 is 4.74 Å². The second-order valence-electron chi connectivity index (χ2n) is 4.49. The summed E-state index contributed by atoms with van der Waals surface area (Å²) >= 11 is 0. The van der Waals surface area contributed by atoms with Crippen LogP contribution >= 0.6 is 0 Å². The summed E-state index contributed by atoms with van der Waals surface area (Å²) in [7, 11) is 1.65. The number of benzene rings is 1. The molecule has 0 amide bonds. The third-order valence-corrected chi connectivity index (χ3v) is 3.14. The Morgan fingerprint density at radius 2 is 2.06 bits per heavy atom. The SMILES string of the molecule is COc1cc(C)c2c(c1)c(C)cn2CCC(=O)O. The highest BCUT2D eigenvalue weighted by molar-refractivity contribution is 5.88. The molecule has 4 heteroatoms. The number of hydrogen-bond donors (Lipinski definition) is 1. The van der Waals surface area contributed by atoms with Crippen molar-refractivity contribution in [3.63, 3.8) is 0 Å². The predicted octanol–water partition coefficient (Wildman–Crippen LogP) is 2.74. The maximum Gasteiger partial charge on any atom is 0.305 e. The smallest absolute Gasteiger partial charge is 0.305 e. The molecule has 4 nitrogen and oxygen atoms in total. The Hall–Kier alpha value is -1.97. The van der Waals surface area contributed by atoms with Gasteiger partial charge in [0.2, 0.25) is 0 Å². The quantitative estimate of drug-likeness (QED) is 0.903. The number of hydrogen-bond acceptors (Lipinski definition) is 2. The fourth-order valence-electron chi connectivity index (χ4n) is 2.31.